The summed E-state index contributed by atoms with van der Waals surface area (Å²) in [6.07, 6.45) is 0.968. The molecule has 0 bridgehead atoms. The van der Waals surface area contributed by atoms with E-state index in [9.17, 15) is 0 Å². The van der Waals surface area contributed by atoms with Crippen LogP contribution < -0.4 is 0 Å². The Labute approximate surface area is 81.0 Å². The molecule has 0 saturated carbocycles. The van der Waals surface area contributed by atoms with Crippen molar-refractivity contribution < 1.29 is 14.6 Å². The molecule has 0 aromatic rings. The highest BCUT2D eigenvalue weighted by Gasteiger charge is 2.06. The van der Waals surface area contributed by atoms with E-state index in [4.69, 9.17) is 14.6 Å². The van der Waals surface area contributed by atoms with Crippen molar-refractivity contribution in [2.24, 2.45) is 0 Å². The van der Waals surface area contributed by atoms with Crippen LogP contribution in [0.1, 0.15) is 34.1 Å². The first-order valence-corrected chi connectivity index (χ1v) is 4.97. The highest BCUT2D eigenvalue weighted by molar-refractivity contribution is 4.52. The predicted molar refractivity (Wildman–Crippen MR) is 52.8 cm³/mol. The Morgan fingerprint density at radius 2 is 1.54 bits per heavy atom. The van der Waals surface area contributed by atoms with Crippen molar-refractivity contribution >= 4 is 0 Å². The van der Waals surface area contributed by atoms with Crippen LogP contribution in [-0.2, 0) is 9.47 Å². The van der Waals surface area contributed by atoms with Crippen LogP contribution in [-0.4, -0.2) is 36.6 Å². The van der Waals surface area contributed by atoms with E-state index in [1.165, 1.54) is 0 Å². The van der Waals surface area contributed by atoms with Crippen LogP contribution in [0.15, 0.2) is 0 Å². The van der Waals surface area contributed by atoms with E-state index in [-0.39, 0.29) is 12.2 Å². The van der Waals surface area contributed by atoms with E-state index in [2.05, 4.69) is 6.92 Å². The number of hydrogen-bond acceptors (Lipinski definition) is 3. The molecule has 1 N–H and O–H groups in total. The standard InChI is InChI=1S/C10H22O3/c1-5-9(3)13-7-10(4)12-6-8(2)11/h8-11H,5-7H2,1-4H3. The molecule has 3 heteroatoms. The lowest BCUT2D eigenvalue weighted by molar-refractivity contribution is -0.0531. The van der Waals surface area contributed by atoms with Crippen molar-refractivity contribution in [3.05, 3.63) is 0 Å². The molecule has 3 atom stereocenters. The molecule has 80 valence electrons. The molecule has 0 aliphatic heterocycles. The quantitative estimate of drug-likeness (QED) is 0.662. The summed E-state index contributed by atoms with van der Waals surface area (Å²) in [6, 6.07) is 0. The molecule has 0 radical (unpaired) electrons. The molecule has 0 saturated heterocycles. The Balaban J connectivity index is 3.34. The first-order valence-electron chi connectivity index (χ1n) is 4.97. The summed E-state index contributed by atoms with van der Waals surface area (Å²) in [6.45, 7) is 8.77. The summed E-state index contributed by atoms with van der Waals surface area (Å²) >= 11 is 0. The minimum absolute atomic E-state index is 0.0589. The summed E-state index contributed by atoms with van der Waals surface area (Å²) in [5, 5.41) is 8.96. The third kappa shape index (κ3) is 8.22. The van der Waals surface area contributed by atoms with E-state index in [0.717, 1.165) is 6.42 Å². The Bertz CT molecular complexity index is 115. The molecular formula is C10H22O3. The Hall–Kier alpha value is -0.120. The molecule has 0 aromatic carbocycles. The van der Waals surface area contributed by atoms with E-state index in [1.807, 2.05) is 13.8 Å². The predicted octanol–water partition coefficient (Wildman–Crippen LogP) is 1.59. The van der Waals surface area contributed by atoms with Gasteiger partial charge in [-0.3, -0.25) is 0 Å². The van der Waals surface area contributed by atoms with Gasteiger partial charge in [-0.05, 0) is 27.2 Å². The first kappa shape index (κ1) is 12.9. The zero-order valence-electron chi connectivity index (χ0n) is 9.12. The van der Waals surface area contributed by atoms with Crippen LogP contribution in [0, 0.1) is 0 Å². The van der Waals surface area contributed by atoms with Crippen molar-refractivity contribution in [2.75, 3.05) is 13.2 Å². The maximum atomic E-state index is 8.96. The molecule has 3 nitrogen and oxygen atoms in total. The van der Waals surface area contributed by atoms with Gasteiger partial charge in [-0.2, -0.15) is 0 Å². The maximum Gasteiger partial charge on any atom is 0.0781 e. The Kier molecular flexibility index (Phi) is 7.23. The monoisotopic (exact) mass is 190 g/mol. The van der Waals surface area contributed by atoms with E-state index in [0.29, 0.717) is 13.2 Å². The zero-order chi connectivity index (χ0) is 10.3. The zero-order valence-corrected chi connectivity index (χ0v) is 9.12. The largest absolute Gasteiger partial charge is 0.391 e. The first-order chi connectivity index (χ1) is 6.06. The molecule has 0 heterocycles. The molecule has 0 rings (SSSR count). The van der Waals surface area contributed by atoms with Gasteiger partial charge in [-0.1, -0.05) is 6.92 Å². The van der Waals surface area contributed by atoms with Gasteiger partial charge in [0.15, 0.2) is 0 Å². The molecular weight excluding hydrogens is 168 g/mol. The third-order valence-electron chi connectivity index (χ3n) is 1.81. The van der Waals surface area contributed by atoms with Crippen LogP contribution in [0.4, 0.5) is 0 Å². The van der Waals surface area contributed by atoms with Gasteiger partial charge in [0.05, 0.1) is 31.5 Å². The molecule has 0 spiro atoms. The Morgan fingerprint density at radius 3 is 2.00 bits per heavy atom. The second kappa shape index (κ2) is 7.30. The number of ether oxygens (including phenoxy) is 2. The van der Waals surface area contributed by atoms with Crippen molar-refractivity contribution in [1.29, 1.82) is 0 Å². The summed E-state index contributed by atoms with van der Waals surface area (Å²) in [5.41, 5.74) is 0. The van der Waals surface area contributed by atoms with E-state index < -0.39 is 6.10 Å². The van der Waals surface area contributed by atoms with Gasteiger partial charge in [0.1, 0.15) is 0 Å². The summed E-state index contributed by atoms with van der Waals surface area (Å²) < 4.78 is 10.8. The van der Waals surface area contributed by atoms with Gasteiger partial charge < -0.3 is 14.6 Å². The topological polar surface area (TPSA) is 38.7 Å². The number of hydrogen-bond donors (Lipinski definition) is 1. The Morgan fingerprint density at radius 1 is 1.00 bits per heavy atom. The summed E-state index contributed by atoms with van der Waals surface area (Å²) in [7, 11) is 0. The average Bonchev–Trinajstić information content (AvgIpc) is 2.10. The van der Waals surface area contributed by atoms with Gasteiger partial charge in [0, 0.05) is 0 Å². The minimum Gasteiger partial charge on any atom is -0.391 e. The van der Waals surface area contributed by atoms with Crippen LogP contribution in [0.25, 0.3) is 0 Å². The average molecular weight is 190 g/mol. The lowest BCUT2D eigenvalue weighted by atomic mass is 10.3. The number of rotatable bonds is 7. The molecule has 13 heavy (non-hydrogen) atoms. The molecule has 0 aliphatic carbocycles. The third-order valence-corrected chi connectivity index (χ3v) is 1.81. The highest BCUT2D eigenvalue weighted by atomic mass is 16.5. The fraction of sp³-hybridized carbons (Fsp3) is 1.00. The van der Waals surface area contributed by atoms with Crippen LogP contribution in [0.5, 0.6) is 0 Å². The lowest BCUT2D eigenvalue weighted by Gasteiger charge is -2.17. The fourth-order valence-electron chi connectivity index (χ4n) is 0.769. The minimum atomic E-state index is -0.397. The smallest absolute Gasteiger partial charge is 0.0781 e. The molecule has 0 fully saturated rings. The second-order valence-electron chi connectivity index (χ2n) is 3.55. The highest BCUT2D eigenvalue weighted by Crippen LogP contribution is 2.00. The number of aliphatic hydroxyl groups is 1. The normalized spacial score (nSPS) is 18.2. The van der Waals surface area contributed by atoms with Crippen LogP contribution >= 0.6 is 0 Å². The van der Waals surface area contributed by atoms with Crippen LogP contribution in [0.3, 0.4) is 0 Å². The van der Waals surface area contributed by atoms with Crippen molar-refractivity contribution in [3.8, 4) is 0 Å². The van der Waals surface area contributed by atoms with Gasteiger partial charge in [0.25, 0.3) is 0 Å². The SMILES string of the molecule is CCC(C)OCC(C)OCC(C)O. The van der Waals surface area contributed by atoms with Crippen molar-refractivity contribution in [1.82, 2.24) is 0 Å². The van der Waals surface area contributed by atoms with Crippen molar-refractivity contribution in [3.63, 3.8) is 0 Å². The molecule has 0 aromatic heterocycles. The van der Waals surface area contributed by atoms with Gasteiger partial charge in [0.2, 0.25) is 0 Å². The molecule has 0 amide bonds. The van der Waals surface area contributed by atoms with Crippen molar-refractivity contribution in [2.45, 2.75) is 52.4 Å². The number of aliphatic hydroxyl groups excluding tert-OH is 1. The summed E-state index contributed by atoms with van der Waals surface area (Å²) in [5.74, 6) is 0. The van der Waals surface area contributed by atoms with E-state index >= 15 is 0 Å². The fourth-order valence-corrected chi connectivity index (χ4v) is 0.769. The van der Waals surface area contributed by atoms with Crippen LogP contribution in [0.2, 0.25) is 0 Å². The summed E-state index contributed by atoms with van der Waals surface area (Å²) in [4.78, 5) is 0. The van der Waals surface area contributed by atoms with E-state index in [1.54, 1.807) is 6.92 Å². The molecule has 0 aliphatic rings. The lowest BCUT2D eigenvalue weighted by Crippen LogP contribution is -2.23. The van der Waals surface area contributed by atoms with Gasteiger partial charge in [-0.15, -0.1) is 0 Å². The van der Waals surface area contributed by atoms with Gasteiger partial charge in [-0.25, -0.2) is 0 Å². The molecule has 3 unspecified atom stereocenters. The second-order valence-corrected chi connectivity index (χ2v) is 3.55. The van der Waals surface area contributed by atoms with Gasteiger partial charge >= 0.3 is 0 Å². The maximum absolute atomic E-state index is 8.96.